The second kappa shape index (κ2) is 7.93. The van der Waals surface area contributed by atoms with Gasteiger partial charge in [-0.3, -0.25) is 4.79 Å². The van der Waals surface area contributed by atoms with Crippen molar-refractivity contribution in [3.05, 3.63) is 35.4 Å². The molecular formula is C19H29NO3. The van der Waals surface area contributed by atoms with Crippen molar-refractivity contribution in [2.45, 2.75) is 57.6 Å². The first-order valence-corrected chi connectivity index (χ1v) is 8.52. The summed E-state index contributed by atoms with van der Waals surface area (Å²) in [5.74, 6) is 0.0943. The van der Waals surface area contributed by atoms with Crippen molar-refractivity contribution in [2.75, 3.05) is 20.3 Å². The molecule has 23 heavy (non-hydrogen) atoms. The van der Waals surface area contributed by atoms with Crippen LogP contribution in [0.4, 0.5) is 0 Å². The van der Waals surface area contributed by atoms with Crippen molar-refractivity contribution in [2.24, 2.45) is 0 Å². The van der Waals surface area contributed by atoms with Gasteiger partial charge in [0.2, 0.25) is 0 Å². The molecule has 128 valence electrons. The number of nitrogens with zero attached hydrogens (tertiary/aromatic N) is 1. The fourth-order valence-corrected chi connectivity index (χ4v) is 3.11. The molecule has 1 aromatic carbocycles. The van der Waals surface area contributed by atoms with Crippen molar-refractivity contribution in [1.82, 2.24) is 4.90 Å². The Morgan fingerprint density at radius 1 is 1.39 bits per heavy atom. The van der Waals surface area contributed by atoms with Gasteiger partial charge in [-0.1, -0.05) is 12.1 Å². The van der Waals surface area contributed by atoms with Crippen LogP contribution in [0.2, 0.25) is 0 Å². The lowest BCUT2D eigenvalue weighted by molar-refractivity contribution is 0.0428. The largest absolute Gasteiger partial charge is 0.390 e. The van der Waals surface area contributed by atoms with E-state index in [1.54, 1.807) is 7.11 Å². The Morgan fingerprint density at radius 3 is 2.87 bits per heavy atom. The molecule has 1 fully saturated rings. The molecule has 1 N–H and O–H groups in total. The Labute approximate surface area is 139 Å². The molecule has 0 saturated carbocycles. The number of aliphatic hydroxyl groups is 1. The summed E-state index contributed by atoms with van der Waals surface area (Å²) in [6.07, 6.45) is 4.68. The van der Waals surface area contributed by atoms with E-state index in [2.05, 4.69) is 0 Å². The molecule has 0 spiro atoms. The number of likely N-dealkylation sites (tertiary alicyclic amines) is 1. The van der Waals surface area contributed by atoms with E-state index >= 15 is 0 Å². The fraction of sp³-hybridized carbons (Fsp3) is 0.632. The van der Waals surface area contributed by atoms with Gasteiger partial charge in [0.05, 0.1) is 18.2 Å². The van der Waals surface area contributed by atoms with Gasteiger partial charge in [-0.05, 0) is 63.6 Å². The summed E-state index contributed by atoms with van der Waals surface area (Å²) < 4.78 is 5.28. The minimum absolute atomic E-state index is 0.0943. The number of hydrogen-bond donors (Lipinski definition) is 1. The summed E-state index contributed by atoms with van der Waals surface area (Å²) in [5, 5.41) is 9.87. The Bertz CT molecular complexity index is 520. The van der Waals surface area contributed by atoms with Crippen LogP contribution in [-0.4, -0.2) is 47.8 Å². The zero-order chi connectivity index (χ0) is 16.9. The molecule has 1 aromatic rings. The van der Waals surface area contributed by atoms with Crippen LogP contribution in [0.1, 0.15) is 55.5 Å². The number of rotatable bonds is 6. The quantitative estimate of drug-likeness (QED) is 0.877. The van der Waals surface area contributed by atoms with Crippen LogP contribution in [-0.2, 0) is 11.2 Å². The highest BCUT2D eigenvalue weighted by Crippen LogP contribution is 2.21. The number of benzene rings is 1. The smallest absolute Gasteiger partial charge is 0.254 e. The molecule has 0 aromatic heterocycles. The van der Waals surface area contributed by atoms with Gasteiger partial charge in [0.25, 0.3) is 5.91 Å². The average molecular weight is 319 g/mol. The molecule has 1 aliphatic rings. The minimum Gasteiger partial charge on any atom is -0.390 e. The SMILES string of the molecule is COCC1CCCCN1C(=O)c1cccc(CCC(C)(C)O)c1. The van der Waals surface area contributed by atoms with Gasteiger partial charge in [-0.2, -0.15) is 0 Å². The number of carbonyl (C=O) groups is 1. The standard InChI is InChI=1S/C19H29NO3/c1-19(2,22)11-10-15-7-6-8-16(13-15)18(21)20-12-5-4-9-17(20)14-23-3/h6-8,13,17,22H,4-5,9-12,14H2,1-3H3. The second-order valence-corrected chi connectivity index (χ2v) is 7.12. The number of methoxy groups -OCH3 is 1. The summed E-state index contributed by atoms with van der Waals surface area (Å²) in [4.78, 5) is 14.8. The Morgan fingerprint density at radius 2 is 2.17 bits per heavy atom. The van der Waals surface area contributed by atoms with Crippen molar-refractivity contribution >= 4 is 5.91 Å². The van der Waals surface area contributed by atoms with E-state index < -0.39 is 5.60 Å². The summed E-state index contributed by atoms with van der Waals surface area (Å²) in [6.45, 7) is 5.03. The zero-order valence-corrected chi connectivity index (χ0v) is 14.5. The van der Waals surface area contributed by atoms with Crippen LogP contribution in [0.3, 0.4) is 0 Å². The maximum Gasteiger partial charge on any atom is 0.254 e. The average Bonchev–Trinajstić information content (AvgIpc) is 2.53. The van der Waals surface area contributed by atoms with Crippen LogP contribution in [0, 0.1) is 0 Å². The van der Waals surface area contributed by atoms with Gasteiger partial charge >= 0.3 is 0 Å². The first kappa shape index (κ1) is 18.0. The number of piperidine rings is 1. The highest BCUT2D eigenvalue weighted by molar-refractivity contribution is 5.94. The van der Waals surface area contributed by atoms with E-state index in [0.717, 1.165) is 43.4 Å². The third kappa shape index (κ3) is 5.33. The minimum atomic E-state index is -0.684. The molecular weight excluding hydrogens is 290 g/mol. The molecule has 1 atom stereocenters. The summed E-state index contributed by atoms with van der Waals surface area (Å²) >= 11 is 0. The Balaban J connectivity index is 2.09. The molecule has 1 amide bonds. The molecule has 0 aliphatic carbocycles. The zero-order valence-electron chi connectivity index (χ0n) is 14.5. The topological polar surface area (TPSA) is 49.8 Å². The van der Waals surface area contributed by atoms with E-state index in [1.807, 2.05) is 43.0 Å². The number of hydrogen-bond acceptors (Lipinski definition) is 3. The van der Waals surface area contributed by atoms with Gasteiger partial charge in [0, 0.05) is 19.2 Å². The summed E-state index contributed by atoms with van der Waals surface area (Å²) in [6, 6.07) is 7.98. The van der Waals surface area contributed by atoms with Gasteiger partial charge < -0.3 is 14.7 Å². The Hall–Kier alpha value is -1.39. The maximum atomic E-state index is 12.9. The van der Waals surface area contributed by atoms with Crippen LogP contribution < -0.4 is 0 Å². The predicted molar refractivity (Wildman–Crippen MR) is 91.6 cm³/mol. The monoisotopic (exact) mass is 319 g/mol. The van der Waals surface area contributed by atoms with Gasteiger partial charge in [-0.25, -0.2) is 0 Å². The molecule has 0 bridgehead atoms. The molecule has 4 heteroatoms. The van der Waals surface area contributed by atoms with Crippen molar-refractivity contribution in [3.63, 3.8) is 0 Å². The van der Waals surface area contributed by atoms with Gasteiger partial charge in [0.15, 0.2) is 0 Å². The van der Waals surface area contributed by atoms with E-state index in [1.165, 1.54) is 0 Å². The third-order valence-electron chi connectivity index (χ3n) is 4.45. The molecule has 1 heterocycles. The van der Waals surface area contributed by atoms with Gasteiger partial charge in [0.1, 0.15) is 0 Å². The van der Waals surface area contributed by atoms with Crippen LogP contribution in [0.25, 0.3) is 0 Å². The summed E-state index contributed by atoms with van der Waals surface area (Å²) in [7, 11) is 1.69. The highest BCUT2D eigenvalue weighted by atomic mass is 16.5. The fourth-order valence-electron chi connectivity index (χ4n) is 3.11. The molecule has 1 unspecified atom stereocenters. The lowest BCUT2D eigenvalue weighted by Gasteiger charge is -2.35. The normalized spacial score (nSPS) is 19.0. The molecule has 1 aliphatic heterocycles. The number of amides is 1. The first-order valence-electron chi connectivity index (χ1n) is 8.52. The third-order valence-corrected chi connectivity index (χ3v) is 4.45. The van der Waals surface area contributed by atoms with Crippen LogP contribution in [0.15, 0.2) is 24.3 Å². The lowest BCUT2D eigenvalue weighted by Crippen LogP contribution is -2.46. The van der Waals surface area contributed by atoms with Crippen molar-refractivity contribution in [1.29, 1.82) is 0 Å². The molecule has 4 nitrogen and oxygen atoms in total. The highest BCUT2D eigenvalue weighted by Gasteiger charge is 2.27. The Kier molecular flexibility index (Phi) is 6.19. The number of ether oxygens (including phenoxy) is 1. The van der Waals surface area contributed by atoms with Crippen molar-refractivity contribution < 1.29 is 14.6 Å². The van der Waals surface area contributed by atoms with Crippen molar-refractivity contribution in [3.8, 4) is 0 Å². The predicted octanol–water partition coefficient (Wildman–Crippen LogP) is 3.03. The summed E-state index contributed by atoms with van der Waals surface area (Å²) in [5.41, 5.74) is 1.15. The maximum absolute atomic E-state index is 12.9. The van der Waals surface area contributed by atoms with E-state index in [9.17, 15) is 9.90 Å². The van der Waals surface area contributed by atoms with E-state index in [4.69, 9.17) is 4.74 Å². The number of carbonyl (C=O) groups excluding carboxylic acids is 1. The van der Waals surface area contributed by atoms with Gasteiger partial charge in [-0.15, -0.1) is 0 Å². The molecule has 1 saturated heterocycles. The second-order valence-electron chi connectivity index (χ2n) is 7.12. The van der Waals surface area contributed by atoms with E-state index in [0.29, 0.717) is 13.0 Å². The van der Waals surface area contributed by atoms with Crippen LogP contribution >= 0.6 is 0 Å². The molecule has 0 radical (unpaired) electrons. The first-order chi connectivity index (χ1) is 10.9. The number of aryl methyl sites for hydroxylation is 1. The van der Waals surface area contributed by atoms with Crippen LogP contribution in [0.5, 0.6) is 0 Å². The molecule has 2 rings (SSSR count). The van der Waals surface area contributed by atoms with E-state index in [-0.39, 0.29) is 11.9 Å². The lowest BCUT2D eigenvalue weighted by atomic mass is 9.97.